The van der Waals surface area contributed by atoms with E-state index in [1.165, 1.54) is 0 Å². The van der Waals surface area contributed by atoms with E-state index in [1.807, 2.05) is 43.3 Å². The van der Waals surface area contributed by atoms with Gasteiger partial charge in [0.15, 0.2) is 6.61 Å². The lowest BCUT2D eigenvalue weighted by Gasteiger charge is -2.08. The minimum absolute atomic E-state index is 0.0869. The number of nitrogens with one attached hydrogen (secondary N) is 1. The lowest BCUT2D eigenvalue weighted by molar-refractivity contribution is -0.123. The molecule has 7 heteroatoms. The smallest absolute Gasteiger partial charge is 0.258 e. The molecule has 0 atom stereocenters. The normalized spacial score (nSPS) is 10.5. The third kappa shape index (κ3) is 4.36. The molecule has 0 unspecified atom stereocenters. The fourth-order valence-electron chi connectivity index (χ4n) is 2.17. The molecule has 0 saturated heterocycles. The lowest BCUT2D eigenvalue weighted by Crippen LogP contribution is -2.28. The van der Waals surface area contributed by atoms with Crippen LogP contribution in [0.3, 0.4) is 0 Å². The molecule has 128 valence electrons. The molecule has 1 aromatic heterocycles. The third-order valence-corrected chi connectivity index (χ3v) is 3.80. The lowest BCUT2D eigenvalue weighted by atomic mass is 10.2. The molecule has 6 nitrogen and oxygen atoms in total. The van der Waals surface area contributed by atoms with Crippen LogP contribution in [0.4, 0.5) is 0 Å². The van der Waals surface area contributed by atoms with Gasteiger partial charge >= 0.3 is 0 Å². The van der Waals surface area contributed by atoms with Crippen LogP contribution in [0.1, 0.15) is 11.5 Å². The molecule has 0 saturated carbocycles. The Morgan fingerprint density at radius 2 is 1.96 bits per heavy atom. The number of aryl methyl sites for hydroxylation is 1. The second kappa shape index (κ2) is 7.81. The van der Waals surface area contributed by atoms with Gasteiger partial charge in [-0.1, -0.05) is 47.1 Å². The quantitative estimate of drug-likeness (QED) is 0.731. The molecule has 0 aliphatic carbocycles. The summed E-state index contributed by atoms with van der Waals surface area (Å²) >= 11 is 6.10. The van der Waals surface area contributed by atoms with Gasteiger partial charge < -0.3 is 14.6 Å². The van der Waals surface area contributed by atoms with Gasteiger partial charge in [-0.05, 0) is 30.7 Å². The molecule has 3 aromatic rings. The van der Waals surface area contributed by atoms with Crippen molar-refractivity contribution in [1.82, 2.24) is 15.5 Å². The van der Waals surface area contributed by atoms with Crippen molar-refractivity contribution in [1.29, 1.82) is 0 Å². The Hall–Kier alpha value is -2.86. The molecule has 0 spiro atoms. The summed E-state index contributed by atoms with van der Waals surface area (Å²) in [4.78, 5) is 16.1. The topological polar surface area (TPSA) is 77.2 Å². The van der Waals surface area contributed by atoms with Gasteiger partial charge in [0.2, 0.25) is 11.7 Å². The van der Waals surface area contributed by atoms with Gasteiger partial charge in [0.1, 0.15) is 5.75 Å². The van der Waals surface area contributed by atoms with Gasteiger partial charge in [-0.15, -0.1) is 0 Å². The van der Waals surface area contributed by atoms with E-state index in [4.69, 9.17) is 20.9 Å². The first-order valence-corrected chi connectivity index (χ1v) is 8.04. The summed E-state index contributed by atoms with van der Waals surface area (Å²) in [6, 6.07) is 14.7. The maximum Gasteiger partial charge on any atom is 0.258 e. The molecule has 0 aliphatic heterocycles. The molecular formula is C18H16ClN3O3. The van der Waals surface area contributed by atoms with Gasteiger partial charge in [-0.3, -0.25) is 4.79 Å². The monoisotopic (exact) mass is 357 g/mol. The molecule has 1 amide bonds. The van der Waals surface area contributed by atoms with E-state index in [1.54, 1.807) is 12.1 Å². The summed E-state index contributed by atoms with van der Waals surface area (Å²) in [5, 5.41) is 7.09. The number of halogens is 1. The van der Waals surface area contributed by atoms with Crippen molar-refractivity contribution in [2.24, 2.45) is 0 Å². The van der Waals surface area contributed by atoms with Crippen LogP contribution in [-0.2, 0) is 11.3 Å². The molecule has 0 bridgehead atoms. The Labute approximate surface area is 149 Å². The summed E-state index contributed by atoms with van der Waals surface area (Å²) < 4.78 is 10.6. The number of carbonyl (C=O) groups excluding carboxylic acids is 1. The fourth-order valence-corrected chi connectivity index (χ4v) is 2.39. The average molecular weight is 358 g/mol. The van der Waals surface area contributed by atoms with E-state index in [9.17, 15) is 4.79 Å². The molecule has 0 aliphatic rings. The highest BCUT2D eigenvalue weighted by atomic mass is 35.5. The maximum atomic E-state index is 11.9. The Balaban J connectivity index is 1.53. The number of ether oxygens (including phenoxy) is 1. The number of amides is 1. The van der Waals surface area contributed by atoms with Gasteiger partial charge in [0.05, 0.1) is 11.6 Å². The first-order valence-electron chi connectivity index (χ1n) is 7.66. The molecule has 25 heavy (non-hydrogen) atoms. The Morgan fingerprint density at radius 3 is 2.76 bits per heavy atom. The molecule has 3 rings (SSSR count). The van der Waals surface area contributed by atoms with E-state index in [-0.39, 0.29) is 19.1 Å². The zero-order chi connectivity index (χ0) is 17.6. The Bertz CT molecular complexity index is 879. The maximum absolute atomic E-state index is 11.9. The number of nitrogens with zero attached hydrogens (tertiary/aromatic N) is 2. The van der Waals surface area contributed by atoms with Gasteiger partial charge in [-0.25, -0.2) is 0 Å². The zero-order valence-electron chi connectivity index (χ0n) is 13.5. The Morgan fingerprint density at radius 1 is 1.20 bits per heavy atom. The predicted octanol–water partition coefficient (Wildman–Crippen LogP) is 3.39. The first kappa shape index (κ1) is 17.0. The number of hydrogen-bond donors (Lipinski definition) is 1. The highest BCUT2D eigenvalue weighted by Crippen LogP contribution is 2.24. The van der Waals surface area contributed by atoms with E-state index >= 15 is 0 Å². The van der Waals surface area contributed by atoms with Crippen LogP contribution < -0.4 is 10.1 Å². The highest BCUT2D eigenvalue weighted by molar-refractivity contribution is 6.33. The molecular weight excluding hydrogens is 342 g/mol. The zero-order valence-corrected chi connectivity index (χ0v) is 14.3. The largest absolute Gasteiger partial charge is 0.484 e. The van der Waals surface area contributed by atoms with Crippen molar-refractivity contribution in [3.8, 4) is 17.1 Å². The second-order valence-electron chi connectivity index (χ2n) is 5.32. The first-order chi connectivity index (χ1) is 12.1. The number of hydrogen-bond acceptors (Lipinski definition) is 5. The van der Waals surface area contributed by atoms with Crippen LogP contribution in [0.2, 0.25) is 5.02 Å². The van der Waals surface area contributed by atoms with Gasteiger partial charge in [0.25, 0.3) is 5.91 Å². The van der Waals surface area contributed by atoms with Crippen molar-refractivity contribution in [3.63, 3.8) is 0 Å². The summed E-state index contributed by atoms with van der Waals surface area (Å²) in [5.41, 5.74) is 1.64. The standard InChI is InChI=1S/C18H16ClN3O3/c1-12-6-2-5-9-15(12)24-11-16(23)20-10-17-21-18(22-25-17)13-7-3-4-8-14(13)19/h2-9H,10-11H2,1H3,(H,20,23). The molecule has 0 radical (unpaired) electrons. The van der Waals surface area contributed by atoms with Gasteiger partial charge in [0, 0.05) is 5.56 Å². The number of para-hydroxylation sites is 1. The minimum atomic E-state index is -0.277. The second-order valence-corrected chi connectivity index (χ2v) is 5.73. The SMILES string of the molecule is Cc1ccccc1OCC(=O)NCc1nc(-c2ccccc2Cl)no1. The highest BCUT2D eigenvalue weighted by Gasteiger charge is 2.12. The minimum Gasteiger partial charge on any atom is -0.484 e. The fraction of sp³-hybridized carbons (Fsp3) is 0.167. The number of carbonyl (C=O) groups is 1. The molecule has 2 aromatic carbocycles. The van der Waals surface area contributed by atoms with Crippen LogP contribution in [0.15, 0.2) is 53.1 Å². The van der Waals surface area contributed by atoms with E-state index < -0.39 is 0 Å². The summed E-state index contributed by atoms with van der Waals surface area (Å²) in [6.45, 7) is 1.95. The number of aromatic nitrogens is 2. The molecule has 0 fully saturated rings. The average Bonchev–Trinajstić information content (AvgIpc) is 3.08. The van der Waals surface area contributed by atoms with Crippen molar-refractivity contribution < 1.29 is 14.1 Å². The van der Waals surface area contributed by atoms with Crippen LogP contribution in [0, 0.1) is 6.92 Å². The van der Waals surface area contributed by atoms with Crippen molar-refractivity contribution in [2.75, 3.05) is 6.61 Å². The van der Waals surface area contributed by atoms with Crippen LogP contribution >= 0.6 is 11.6 Å². The summed E-state index contributed by atoms with van der Waals surface area (Å²) in [6.07, 6.45) is 0. The van der Waals surface area contributed by atoms with Crippen molar-refractivity contribution in [3.05, 3.63) is 65.0 Å². The third-order valence-electron chi connectivity index (χ3n) is 3.47. The Kier molecular flexibility index (Phi) is 5.30. The van der Waals surface area contributed by atoms with Crippen LogP contribution in [0.25, 0.3) is 11.4 Å². The number of rotatable bonds is 6. The summed E-state index contributed by atoms with van der Waals surface area (Å²) in [7, 11) is 0. The van der Waals surface area contributed by atoms with E-state index in [0.717, 1.165) is 5.56 Å². The van der Waals surface area contributed by atoms with Crippen molar-refractivity contribution in [2.45, 2.75) is 13.5 Å². The van der Waals surface area contributed by atoms with Crippen molar-refractivity contribution >= 4 is 17.5 Å². The molecule has 1 N–H and O–H groups in total. The van der Waals surface area contributed by atoms with E-state index in [2.05, 4.69) is 15.5 Å². The number of benzene rings is 2. The molecule has 1 heterocycles. The van der Waals surface area contributed by atoms with Crippen LogP contribution in [-0.4, -0.2) is 22.7 Å². The van der Waals surface area contributed by atoms with E-state index in [0.29, 0.717) is 28.1 Å². The van der Waals surface area contributed by atoms with Crippen LogP contribution in [0.5, 0.6) is 5.75 Å². The predicted molar refractivity (Wildman–Crippen MR) is 93.3 cm³/mol. The summed E-state index contributed by atoms with van der Waals surface area (Å²) in [5.74, 6) is 1.07. The van der Waals surface area contributed by atoms with Gasteiger partial charge in [-0.2, -0.15) is 4.98 Å².